The fourth-order valence-electron chi connectivity index (χ4n) is 4.32. The molecule has 152 valence electrons. The van der Waals surface area contributed by atoms with Crippen molar-refractivity contribution in [2.24, 2.45) is 5.92 Å². The van der Waals surface area contributed by atoms with E-state index in [1.165, 1.54) is 15.8 Å². The van der Waals surface area contributed by atoms with E-state index in [2.05, 4.69) is 23.6 Å². The molecular weight excluding hydrogens is 372 g/mol. The quantitative estimate of drug-likeness (QED) is 0.715. The van der Waals surface area contributed by atoms with Crippen LogP contribution >= 0.6 is 11.3 Å². The molecule has 2 aromatic rings. The number of likely N-dealkylation sites (N-methyl/N-ethyl adjacent to an activating group) is 1. The maximum Gasteiger partial charge on any atom is 0.309 e. The van der Waals surface area contributed by atoms with Crippen LogP contribution in [0.1, 0.15) is 49.9 Å². The van der Waals surface area contributed by atoms with E-state index in [9.17, 15) is 4.79 Å². The molecule has 1 fully saturated rings. The van der Waals surface area contributed by atoms with Crippen LogP contribution in [0.15, 0.2) is 0 Å². The zero-order valence-electron chi connectivity index (χ0n) is 17.2. The van der Waals surface area contributed by atoms with Crippen LogP contribution in [-0.4, -0.2) is 53.6 Å². The Hall–Kier alpha value is -1.73. The third-order valence-electron chi connectivity index (χ3n) is 5.98. The number of nitrogens with zero attached hydrogens (tertiary/aromatic N) is 4. The van der Waals surface area contributed by atoms with E-state index in [4.69, 9.17) is 14.7 Å². The number of esters is 1. The van der Waals surface area contributed by atoms with Gasteiger partial charge in [0.15, 0.2) is 0 Å². The van der Waals surface area contributed by atoms with Gasteiger partial charge in [0.1, 0.15) is 16.5 Å². The highest BCUT2D eigenvalue weighted by molar-refractivity contribution is 7.19. The number of anilines is 1. The monoisotopic (exact) mass is 402 g/mol. The van der Waals surface area contributed by atoms with Gasteiger partial charge in [-0.25, -0.2) is 9.97 Å². The minimum Gasteiger partial charge on any atom is -0.466 e. The van der Waals surface area contributed by atoms with Gasteiger partial charge >= 0.3 is 5.97 Å². The number of aromatic nitrogens is 2. The third kappa shape index (κ3) is 3.62. The first-order chi connectivity index (χ1) is 13.6. The predicted octanol–water partition coefficient (Wildman–Crippen LogP) is 3.41. The van der Waals surface area contributed by atoms with Crippen molar-refractivity contribution in [3.8, 4) is 0 Å². The molecule has 0 aliphatic carbocycles. The van der Waals surface area contributed by atoms with Crippen molar-refractivity contribution in [1.29, 1.82) is 0 Å². The molecule has 2 aliphatic rings. The van der Waals surface area contributed by atoms with E-state index >= 15 is 0 Å². The van der Waals surface area contributed by atoms with Crippen LogP contribution in [0, 0.1) is 5.92 Å². The normalized spacial score (nSPS) is 18.5. The van der Waals surface area contributed by atoms with Gasteiger partial charge in [0.05, 0.1) is 17.9 Å². The number of hydrogen-bond acceptors (Lipinski definition) is 7. The highest BCUT2D eigenvalue weighted by Crippen LogP contribution is 2.39. The van der Waals surface area contributed by atoms with Crippen LogP contribution in [0.25, 0.3) is 10.2 Å². The zero-order chi connectivity index (χ0) is 19.7. The summed E-state index contributed by atoms with van der Waals surface area (Å²) in [5.74, 6) is 1.98. The Labute approximate surface area is 170 Å². The Morgan fingerprint density at radius 1 is 1.18 bits per heavy atom. The van der Waals surface area contributed by atoms with Gasteiger partial charge in [-0.15, -0.1) is 11.3 Å². The van der Waals surface area contributed by atoms with Crippen molar-refractivity contribution >= 4 is 33.3 Å². The van der Waals surface area contributed by atoms with Crippen LogP contribution in [0.3, 0.4) is 0 Å². The summed E-state index contributed by atoms with van der Waals surface area (Å²) in [5, 5.41) is 1.27. The molecule has 0 atom stereocenters. The Bertz CT molecular complexity index is 858. The fraction of sp³-hybridized carbons (Fsp3) is 0.667. The molecule has 6 nitrogen and oxygen atoms in total. The van der Waals surface area contributed by atoms with Crippen LogP contribution < -0.4 is 4.90 Å². The Morgan fingerprint density at radius 3 is 2.64 bits per heavy atom. The molecule has 0 radical (unpaired) electrons. The highest BCUT2D eigenvalue weighted by atomic mass is 32.1. The molecule has 0 saturated carbocycles. The van der Waals surface area contributed by atoms with Crippen LogP contribution in [0.5, 0.6) is 0 Å². The van der Waals surface area contributed by atoms with E-state index in [0.717, 1.165) is 74.9 Å². The zero-order valence-corrected chi connectivity index (χ0v) is 18.0. The summed E-state index contributed by atoms with van der Waals surface area (Å²) < 4.78 is 5.23. The molecule has 0 unspecified atom stereocenters. The maximum absolute atomic E-state index is 12.1. The molecule has 28 heavy (non-hydrogen) atoms. The standard InChI is InChI=1S/C21H30N4O2S/c1-4-17-22-19(25-11-7-14(8-12-25)21(26)27-6-3)18-15-9-10-24(5-2)13-16(15)28-20(18)23-17/h14H,4-13H2,1-3H3. The van der Waals surface area contributed by atoms with Crippen molar-refractivity contribution in [2.45, 2.75) is 53.0 Å². The molecule has 2 aliphatic heterocycles. The first-order valence-electron chi connectivity index (χ1n) is 10.6. The second kappa shape index (κ2) is 8.33. The number of carbonyl (C=O) groups excluding carboxylic acids is 1. The van der Waals surface area contributed by atoms with E-state index in [1.807, 2.05) is 18.3 Å². The minimum atomic E-state index is -0.0446. The Kier molecular flexibility index (Phi) is 5.83. The predicted molar refractivity (Wildman–Crippen MR) is 113 cm³/mol. The van der Waals surface area contributed by atoms with Crippen LogP contribution in [0.2, 0.25) is 0 Å². The van der Waals surface area contributed by atoms with Crippen molar-refractivity contribution in [2.75, 3.05) is 37.7 Å². The SMILES string of the molecule is CCOC(=O)C1CCN(c2nc(CC)nc3sc4c(c23)CCN(CC)C4)CC1. The van der Waals surface area contributed by atoms with Crippen molar-refractivity contribution in [3.63, 3.8) is 0 Å². The number of piperidine rings is 1. The van der Waals surface area contributed by atoms with E-state index in [0.29, 0.717) is 6.61 Å². The first kappa shape index (κ1) is 19.6. The van der Waals surface area contributed by atoms with Crippen molar-refractivity contribution in [1.82, 2.24) is 14.9 Å². The maximum atomic E-state index is 12.1. The summed E-state index contributed by atoms with van der Waals surface area (Å²) in [6.45, 7) is 11.6. The van der Waals surface area contributed by atoms with Gasteiger partial charge in [-0.3, -0.25) is 9.69 Å². The summed E-state index contributed by atoms with van der Waals surface area (Å²) in [6, 6.07) is 0. The molecular formula is C21H30N4O2S. The number of aryl methyl sites for hydroxylation is 1. The van der Waals surface area contributed by atoms with Crippen molar-refractivity contribution in [3.05, 3.63) is 16.3 Å². The lowest BCUT2D eigenvalue weighted by Gasteiger charge is -2.32. The Morgan fingerprint density at radius 2 is 1.96 bits per heavy atom. The van der Waals surface area contributed by atoms with E-state index < -0.39 is 0 Å². The molecule has 0 aromatic carbocycles. The molecule has 4 rings (SSSR count). The number of hydrogen-bond donors (Lipinski definition) is 0. The fourth-order valence-corrected chi connectivity index (χ4v) is 5.59. The number of rotatable bonds is 5. The smallest absolute Gasteiger partial charge is 0.309 e. The largest absolute Gasteiger partial charge is 0.466 e. The second-order valence-corrected chi connectivity index (χ2v) is 8.72. The lowest BCUT2D eigenvalue weighted by molar-refractivity contribution is -0.148. The minimum absolute atomic E-state index is 0.0219. The molecule has 1 saturated heterocycles. The first-order valence-corrected chi connectivity index (χ1v) is 11.4. The van der Waals surface area contributed by atoms with Crippen LogP contribution in [-0.2, 0) is 28.9 Å². The summed E-state index contributed by atoms with van der Waals surface area (Å²) >= 11 is 1.85. The van der Waals surface area contributed by atoms with Gasteiger partial charge in [0.2, 0.25) is 0 Å². The van der Waals surface area contributed by atoms with Gasteiger partial charge in [-0.1, -0.05) is 13.8 Å². The van der Waals surface area contributed by atoms with E-state index in [1.54, 1.807) is 0 Å². The van der Waals surface area contributed by atoms with Gasteiger partial charge < -0.3 is 9.64 Å². The topological polar surface area (TPSA) is 58.6 Å². The average Bonchev–Trinajstić information content (AvgIpc) is 3.10. The van der Waals surface area contributed by atoms with Gasteiger partial charge in [0, 0.05) is 37.5 Å². The summed E-state index contributed by atoms with van der Waals surface area (Å²) in [7, 11) is 0. The highest BCUT2D eigenvalue weighted by Gasteiger charge is 2.30. The van der Waals surface area contributed by atoms with E-state index in [-0.39, 0.29) is 11.9 Å². The van der Waals surface area contributed by atoms with Gasteiger partial charge in [-0.2, -0.15) is 0 Å². The summed E-state index contributed by atoms with van der Waals surface area (Å²) in [4.78, 5) is 29.4. The third-order valence-corrected chi connectivity index (χ3v) is 7.10. The van der Waals surface area contributed by atoms with Gasteiger partial charge in [-0.05, 0) is 38.3 Å². The number of fused-ring (bicyclic) bond motifs is 3. The molecule has 0 N–H and O–H groups in total. The molecule has 4 heterocycles. The number of thiophene rings is 1. The lowest BCUT2D eigenvalue weighted by atomic mass is 9.96. The number of ether oxygens (including phenoxy) is 1. The second-order valence-electron chi connectivity index (χ2n) is 7.63. The molecule has 0 amide bonds. The van der Waals surface area contributed by atoms with Gasteiger partial charge in [0.25, 0.3) is 0 Å². The lowest BCUT2D eigenvalue weighted by Crippen LogP contribution is -2.37. The molecule has 0 bridgehead atoms. The molecule has 7 heteroatoms. The van der Waals surface area contributed by atoms with Crippen LogP contribution in [0.4, 0.5) is 5.82 Å². The average molecular weight is 403 g/mol. The molecule has 0 spiro atoms. The van der Waals surface area contributed by atoms with Crippen molar-refractivity contribution < 1.29 is 9.53 Å². The summed E-state index contributed by atoms with van der Waals surface area (Å²) in [5.41, 5.74) is 1.45. The number of carbonyl (C=O) groups is 1. The summed E-state index contributed by atoms with van der Waals surface area (Å²) in [6.07, 6.45) is 3.58. The molecule has 2 aromatic heterocycles. The Balaban J connectivity index is 1.65.